The maximum absolute atomic E-state index is 12.2. The molecule has 5 N–H and O–H groups in total. The SMILES string of the molecule is NC(N)=NCCCCCCc1ccc2c(c1)NC(=O)C(CC(=O)OC(=O)C(F)(F)F)C2. The predicted octanol–water partition coefficient (Wildman–Crippen LogP) is 2.20. The number of rotatable bonds is 9. The van der Waals surface area contributed by atoms with Gasteiger partial charge in [-0.1, -0.05) is 25.0 Å². The summed E-state index contributed by atoms with van der Waals surface area (Å²) >= 11 is 0. The molecule has 0 radical (unpaired) electrons. The van der Waals surface area contributed by atoms with Crippen molar-refractivity contribution < 1.29 is 32.3 Å². The third kappa shape index (κ3) is 7.91. The molecule has 1 unspecified atom stereocenters. The molecule has 1 aliphatic heterocycles. The fourth-order valence-corrected chi connectivity index (χ4v) is 3.24. The van der Waals surface area contributed by atoms with E-state index in [-0.39, 0.29) is 12.4 Å². The number of hydrogen-bond donors (Lipinski definition) is 3. The van der Waals surface area contributed by atoms with Crippen LogP contribution in [-0.4, -0.2) is 36.5 Å². The second-order valence-electron chi connectivity index (χ2n) is 7.32. The zero-order valence-electron chi connectivity index (χ0n) is 16.8. The molecule has 170 valence electrons. The number of halogens is 3. The van der Waals surface area contributed by atoms with Crippen LogP contribution in [0, 0.1) is 5.92 Å². The lowest BCUT2D eigenvalue weighted by atomic mass is 9.89. The van der Waals surface area contributed by atoms with E-state index >= 15 is 0 Å². The average molecular weight is 442 g/mol. The number of nitrogens with zero attached hydrogens (tertiary/aromatic N) is 1. The van der Waals surface area contributed by atoms with Gasteiger partial charge in [-0.25, -0.2) is 4.79 Å². The Morgan fingerprint density at radius 1 is 1.16 bits per heavy atom. The Bertz CT molecular complexity index is 851. The van der Waals surface area contributed by atoms with Crippen LogP contribution in [0.15, 0.2) is 23.2 Å². The maximum atomic E-state index is 12.2. The fraction of sp³-hybridized carbons (Fsp3) is 0.500. The molecule has 0 bridgehead atoms. The summed E-state index contributed by atoms with van der Waals surface area (Å²) in [6, 6.07) is 5.59. The molecule has 1 amide bonds. The molecule has 11 heteroatoms. The number of carbonyl (C=O) groups excluding carboxylic acids is 3. The zero-order valence-corrected chi connectivity index (χ0v) is 16.8. The van der Waals surface area contributed by atoms with Crippen LogP contribution in [0.1, 0.15) is 43.2 Å². The topological polar surface area (TPSA) is 137 Å². The van der Waals surface area contributed by atoms with Gasteiger partial charge in [-0.05, 0) is 42.9 Å². The number of esters is 2. The van der Waals surface area contributed by atoms with Gasteiger partial charge in [-0.3, -0.25) is 14.6 Å². The second-order valence-corrected chi connectivity index (χ2v) is 7.32. The average Bonchev–Trinajstić information content (AvgIpc) is 2.66. The van der Waals surface area contributed by atoms with Crippen molar-refractivity contribution in [3.8, 4) is 0 Å². The van der Waals surface area contributed by atoms with Gasteiger partial charge in [0.15, 0.2) is 5.96 Å². The highest BCUT2D eigenvalue weighted by Crippen LogP contribution is 2.29. The van der Waals surface area contributed by atoms with Crippen LogP contribution >= 0.6 is 0 Å². The summed E-state index contributed by atoms with van der Waals surface area (Å²) in [5, 5.41) is 2.68. The van der Waals surface area contributed by atoms with Crippen molar-refractivity contribution in [2.45, 2.75) is 51.1 Å². The Labute approximate surface area is 177 Å². The van der Waals surface area contributed by atoms with Gasteiger partial charge < -0.3 is 21.5 Å². The minimum Gasteiger partial charge on any atom is -0.386 e. The van der Waals surface area contributed by atoms with Crippen LogP contribution in [0.25, 0.3) is 0 Å². The number of fused-ring (bicyclic) bond motifs is 1. The Hall–Kier alpha value is -3.11. The van der Waals surface area contributed by atoms with Gasteiger partial charge >= 0.3 is 18.1 Å². The summed E-state index contributed by atoms with van der Waals surface area (Å²) < 4.78 is 40.3. The zero-order chi connectivity index (χ0) is 23.0. The van der Waals surface area contributed by atoms with Gasteiger partial charge in [-0.15, -0.1) is 0 Å². The molecule has 8 nitrogen and oxygen atoms in total. The largest absolute Gasteiger partial charge is 0.491 e. The van der Waals surface area contributed by atoms with E-state index in [1.807, 2.05) is 18.2 Å². The van der Waals surface area contributed by atoms with E-state index in [0.29, 0.717) is 12.2 Å². The molecule has 2 rings (SSSR count). The number of guanidine groups is 1. The molecule has 1 aromatic rings. The number of benzene rings is 1. The van der Waals surface area contributed by atoms with Gasteiger partial charge in [0.25, 0.3) is 0 Å². The summed E-state index contributed by atoms with van der Waals surface area (Å²) in [6.45, 7) is 0.603. The molecule has 1 heterocycles. The summed E-state index contributed by atoms with van der Waals surface area (Å²) in [5.74, 6) is -5.29. The first-order valence-electron chi connectivity index (χ1n) is 9.86. The molecule has 0 saturated carbocycles. The Morgan fingerprint density at radius 3 is 2.55 bits per heavy atom. The van der Waals surface area contributed by atoms with Gasteiger partial charge in [-0.2, -0.15) is 13.2 Å². The van der Waals surface area contributed by atoms with E-state index in [1.165, 1.54) is 0 Å². The highest BCUT2D eigenvalue weighted by molar-refractivity contribution is 5.98. The quantitative estimate of drug-likeness (QED) is 0.176. The van der Waals surface area contributed by atoms with E-state index in [4.69, 9.17) is 11.5 Å². The van der Waals surface area contributed by atoms with Crippen molar-refractivity contribution >= 4 is 29.5 Å². The number of aliphatic imine (C=N–C) groups is 1. The predicted molar refractivity (Wildman–Crippen MR) is 107 cm³/mol. The molecule has 0 aromatic heterocycles. The van der Waals surface area contributed by atoms with E-state index in [1.54, 1.807) is 0 Å². The number of ether oxygens (including phenoxy) is 1. The number of unbranched alkanes of at least 4 members (excludes halogenated alkanes) is 3. The van der Waals surface area contributed by atoms with Crippen molar-refractivity contribution in [2.75, 3.05) is 11.9 Å². The van der Waals surface area contributed by atoms with E-state index in [9.17, 15) is 27.6 Å². The lowest BCUT2D eigenvalue weighted by Crippen LogP contribution is -2.34. The van der Waals surface area contributed by atoms with Gasteiger partial charge in [0.2, 0.25) is 5.91 Å². The first-order chi connectivity index (χ1) is 14.6. The minimum atomic E-state index is -5.26. The van der Waals surface area contributed by atoms with Crippen LogP contribution < -0.4 is 16.8 Å². The van der Waals surface area contributed by atoms with Crippen LogP contribution in [0.2, 0.25) is 0 Å². The lowest BCUT2D eigenvalue weighted by molar-refractivity contribution is -0.202. The highest BCUT2D eigenvalue weighted by atomic mass is 19.4. The molecular formula is C20H25F3N4O4. The molecule has 0 spiro atoms. The molecule has 0 saturated heterocycles. The molecule has 1 aromatic carbocycles. The van der Waals surface area contributed by atoms with Crippen molar-refractivity contribution in [1.29, 1.82) is 0 Å². The summed E-state index contributed by atoms with van der Waals surface area (Å²) in [6.07, 6.45) is -1.04. The first-order valence-corrected chi connectivity index (χ1v) is 9.86. The number of hydrogen-bond acceptors (Lipinski definition) is 5. The van der Waals surface area contributed by atoms with Crippen LogP contribution in [-0.2, 0) is 32.0 Å². The van der Waals surface area contributed by atoms with E-state index < -0.39 is 36.4 Å². The normalized spacial score (nSPS) is 15.6. The first kappa shape index (κ1) is 24.2. The molecule has 0 aliphatic carbocycles. The molecule has 0 fully saturated rings. The molecule has 31 heavy (non-hydrogen) atoms. The van der Waals surface area contributed by atoms with Gasteiger partial charge in [0.05, 0.1) is 12.3 Å². The Balaban J connectivity index is 1.83. The number of nitrogens with one attached hydrogen (secondary N) is 1. The third-order valence-electron chi connectivity index (χ3n) is 4.79. The van der Waals surface area contributed by atoms with E-state index in [0.717, 1.165) is 43.2 Å². The Kier molecular flexibility index (Phi) is 8.40. The maximum Gasteiger partial charge on any atom is 0.491 e. The van der Waals surface area contributed by atoms with Gasteiger partial charge in [0, 0.05) is 12.2 Å². The smallest absolute Gasteiger partial charge is 0.386 e. The van der Waals surface area contributed by atoms with Crippen molar-refractivity contribution in [3.05, 3.63) is 29.3 Å². The summed E-state index contributed by atoms with van der Waals surface area (Å²) in [4.78, 5) is 38.5. The molecule has 1 atom stereocenters. The monoisotopic (exact) mass is 442 g/mol. The summed E-state index contributed by atoms with van der Waals surface area (Å²) in [7, 11) is 0. The molecule has 1 aliphatic rings. The van der Waals surface area contributed by atoms with Crippen molar-refractivity contribution in [3.63, 3.8) is 0 Å². The van der Waals surface area contributed by atoms with E-state index in [2.05, 4.69) is 15.0 Å². The van der Waals surface area contributed by atoms with Crippen LogP contribution in [0.5, 0.6) is 0 Å². The van der Waals surface area contributed by atoms with Crippen molar-refractivity contribution in [1.82, 2.24) is 0 Å². The number of nitrogens with two attached hydrogens (primary N) is 2. The van der Waals surface area contributed by atoms with Crippen molar-refractivity contribution in [2.24, 2.45) is 22.4 Å². The number of anilines is 1. The minimum absolute atomic E-state index is 0.0880. The molecular weight excluding hydrogens is 417 g/mol. The Morgan fingerprint density at radius 2 is 1.87 bits per heavy atom. The number of alkyl halides is 3. The van der Waals surface area contributed by atoms with Gasteiger partial charge in [0.1, 0.15) is 0 Å². The van der Waals surface area contributed by atoms with Crippen LogP contribution in [0.4, 0.5) is 18.9 Å². The third-order valence-corrected chi connectivity index (χ3v) is 4.79. The highest BCUT2D eigenvalue weighted by Gasteiger charge is 2.43. The summed E-state index contributed by atoms with van der Waals surface area (Å²) in [5.41, 5.74) is 12.9. The second kappa shape index (κ2) is 10.8. The number of carbonyl (C=O) groups is 3. The number of aryl methyl sites for hydroxylation is 1. The number of amides is 1. The standard InChI is InChI=1S/C20H25F3N4O4/c21-20(22,23)18(30)31-16(28)11-14-10-13-7-6-12(9-15(13)27-17(14)29)5-3-1-2-4-8-26-19(24)25/h6-7,9,14H,1-5,8,10-11H2,(H,27,29)(H4,24,25,26). The lowest BCUT2D eigenvalue weighted by Gasteiger charge is -2.24. The van der Waals surface area contributed by atoms with Crippen LogP contribution in [0.3, 0.4) is 0 Å². The fourth-order valence-electron chi connectivity index (χ4n) is 3.24.